The highest BCUT2D eigenvalue weighted by atomic mass is 16.5. The lowest BCUT2D eigenvalue weighted by Crippen LogP contribution is -2.50. The van der Waals surface area contributed by atoms with Crippen molar-refractivity contribution < 1.29 is 9.47 Å². The van der Waals surface area contributed by atoms with Gasteiger partial charge in [-0.2, -0.15) is 0 Å². The lowest BCUT2D eigenvalue weighted by molar-refractivity contribution is -0.0284. The van der Waals surface area contributed by atoms with Crippen molar-refractivity contribution in [2.75, 3.05) is 53.5 Å². The van der Waals surface area contributed by atoms with Crippen LogP contribution in [0.25, 0.3) is 0 Å². The minimum atomic E-state index is 0.208. The molecule has 6 nitrogen and oxygen atoms in total. The Morgan fingerprint density at radius 1 is 1.38 bits per heavy atom. The third kappa shape index (κ3) is 7.22. The highest BCUT2D eigenvalue weighted by Crippen LogP contribution is 2.12. The van der Waals surface area contributed by atoms with E-state index in [9.17, 15) is 0 Å². The van der Waals surface area contributed by atoms with Crippen molar-refractivity contribution in [3.63, 3.8) is 0 Å². The van der Waals surface area contributed by atoms with Crippen LogP contribution in [0.4, 0.5) is 0 Å². The van der Waals surface area contributed by atoms with Crippen molar-refractivity contribution in [1.29, 1.82) is 0 Å². The molecule has 1 aromatic carbocycles. The second kappa shape index (κ2) is 11.0. The Hall–Kier alpha value is -1.79. The molecule has 1 heterocycles. The van der Waals surface area contributed by atoms with Gasteiger partial charge in [-0.3, -0.25) is 9.89 Å². The first kappa shape index (κ1) is 20.5. The van der Waals surface area contributed by atoms with E-state index in [1.807, 2.05) is 12.1 Å². The molecule has 0 saturated carbocycles. The molecule has 1 unspecified atom stereocenters. The molecule has 0 spiro atoms. The number of ether oxygens (including phenoxy) is 2. The van der Waals surface area contributed by atoms with Gasteiger partial charge in [0.1, 0.15) is 5.75 Å². The summed E-state index contributed by atoms with van der Waals surface area (Å²) in [6, 6.07) is 8.16. The number of methoxy groups -OCH3 is 1. The number of guanidine groups is 1. The predicted octanol–water partition coefficient (Wildman–Crippen LogP) is 1.76. The normalized spacial score (nSPS) is 18.8. The molecule has 1 aromatic rings. The second-order valence-corrected chi connectivity index (χ2v) is 7.13. The number of hydrogen-bond acceptors (Lipinski definition) is 4. The molecule has 1 atom stereocenters. The lowest BCUT2D eigenvalue weighted by Gasteiger charge is -2.34. The van der Waals surface area contributed by atoms with Gasteiger partial charge in [-0.05, 0) is 30.0 Å². The first-order valence-corrected chi connectivity index (χ1v) is 9.52. The predicted molar refractivity (Wildman–Crippen MR) is 107 cm³/mol. The maximum Gasteiger partial charge on any atom is 0.191 e. The Labute approximate surface area is 158 Å². The fourth-order valence-corrected chi connectivity index (χ4v) is 3.17. The van der Waals surface area contributed by atoms with Gasteiger partial charge in [0.05, 0.1) is 19.8 Å². The Morgan fingerprint density at radius 3 is 2.96 bits per heavy atom. The summed E-state index contributed by atoms with van der Waals surface area (Å²) in [4.78, 5) is 6.79. The van der Waals surface area contributed by atoms with Crippen LogP contribution < -0.4 is 15.4 Å². The van der Waals surface area contributed by atoms with Gasteiger partial charge in [-0.1, -0.05) is 26.0 Å². The molecule has 2 N–H and O–H groups in total. The average molecular weight is 363 g/mol. The van der Waals surface area contributed by atoms with E-state index in [4.69, 9.17) is 9.47 Å². The summed E-state index contributed by atoms with van der Waals surface area (Å²) in [5.74, 6) is 2.40. The Morgan fingerprint density at radius 2 is 2.23 bits per heavy atom. The van der Waals surface area contributed by atoms with Gasteiger partial charge in [0.15, 0.2) is 5.96 Å². The number of nitrogens with zero attached hydrogens (tertiary/aromatic N) is 2. The number of morpholine rings is 1. The van der Waals surface area contributed by atoms with E-state index in [2.05, 4.69) is 46.5 Å². The summed E-state index contributed by atoms with van der Waals surface area (Å²) in [7, 11) is 3.49. The van der Waals surface area contributed by atoms with Crippen LogP contribution in [0.1, 0.15) is 19.4 Å². The molecule has 146 valence electrons. The zero-order valence-corrected chi connectivity index (χ0v) is 16.6. The molecule has 0 aromatic heterocycles. The first-order valence-electron chi connectivity index (χ1n) is 9.52. The van der Waals surface area contributed by atoms with Gasteiger partial charge in [-0.15, -0.1) is 0 Å². The molecule has 6 heteroatoms. The maximum absolute atomic E-state index is 5.88. The highest BCUT2D eigenvalue weighted by molar-refractivity contribution is 5.79. The maximum atomic E-state index is 5.88. The van der Waals surface area contributed by atoms with Crippen LogP contribution >= 0.6 is 0 Å². The first-order chi connectivity index (χ1) is 12.6. The van der Waals surface area contributed by atoms with Crippen molar-refractivity contribution in [1.82, 2.24) is 15.5 Å². The molecular formula is C20H34N4O2. The third-order valence-electron chi connectivity index (χ3n) is 4.41. The van der Waals surface area contributed by atoms with Crippen molar-refractivity contribution in [3.05, 3.63) is 29.8 Å². The molecule has 0 aliphatic carbocycles. The van der Waals surface area contributed by atoms with Gasteiger partial charge in [0.2, 0.25) is 0 Å². The van der Waals surface area contributed by atoms with E-state index < -0.39 is 0 Å². The summed E-state index contributed by atoms with van der Waals surface area (Å²) in [6.45, 7) is 10.1. The molecule has 1 aliphatic heterocycles. The van der Waals surface area contributed by atoms with E-state index in [0.717, 1.165) is 57.5 Å². The largest absolute Gasteiger partial charge is 0.497 e. The fraction of sp³-hybridized carbons (Fsp3) is 0.650. The van der Waals surface area contributed by atoms with E-state index >= 15 is 0 Å². The number of nitrogens with one attached hydrogen (secondary N) is 2. The van der Waals surface area contributed by atoms with Crippen LogP contribution in [-0.2, 0) is 11.2 Å². The summed E-state index contributed by atoms with van der Waals surface area (Å²) >= 11 is 0. The van der Waals surface area contributed by atoms with Gasteiger partial charge in [0.25, 0.3) is 0 Å². The summed E-state index contributed by atoms with van der Waals surface area (Å²) < 4.78 is 11.2. The third-order valence-corrected chi connectivity index (χ3v) is 4.41. The average Bonchev–Trinajstić information content (AvgIpc) is 2.64. The summed E-state index contributed by atoms with van der Waals surface area (Å²) in [5.41, 5.74) is 1.24. The van der Waals surface area contributed by atoms with Crippen molar-refractivity contribution >= 4 is 5.96 Å². The molecule has 0 radical (unpaired) electrons. The van der Waals surface area contributed by atoms with Gasteiger partial charge in [0, 0.05) is 39.8 Å². The monoisotopic (exact) mass is 362 g/mol. The molecule has 1 aliphatic rings. The Bertz CT molecular complexity index is 562. The quantitative estimate of drug-likeness (QED) is 0.545. The zero-order valence-electron chi connectivity index (χ0n) is 16.6. The van der Waals surface area contributed by atoms with Crippen LogP contribution in [0.15, 0.2) is 29.3 Å². The van der Waals surface area contributed by atoms with Crippen LogP contribution in [0.3, 0.4) is 0 Å². The van der Waals surface area contributed by atoms with Crippen molar-refractivity contribution in [2.45, 2.75) is 26.4 Å². The minimum absolute atomic E-state index is 0.208. The van der Waals surface area contributed by atoms with Gasteiger partial charge >= 0.3 is 0 Å². The van der Waals surface area contributed by atoms with Crippen LogP contribution in [-0.4, -0.2) is 70.5 Å². The molecule has 0 bridgehead atoms. The van der Waals surface area contributed by atoms with Crippen LogP contribution in [0.5, 0.6) is 5.75 Å². The fourth-order valence-electron chi connectivity index (χ4n) is 3.17. The minimum Gasteiger partial charge on any atom is -0.497 e. The van der Waals surface area contributed by atoms with Gasteiger partial charge in [-0.25, -0.2) is 0 Å². The second-order valence-electron chi connectivity index (χ2n) is 7.13. The molecule has 0 amide bonds. The highest BCUT2D eigenvalue weighted by Gasteiger charge is 2.20. The van der Waals surface area contributed by atoms with E-state index in [0.29, 0.717) is 5.92 Å². The SMILES string of the molecule is CN=C(NCCc1cccc(OC)c1)NCC1CN(CC(C)C)CCO1. The van der Waals surface area contributed by atoms with Crippen molar-refractivity contribution in [2.24, 2.45) is 10.9 Å². The Balaban J connectivity index is 1.70. The molecule has 1 saturated heterocycles. The van der Waals surface area contributed by atoms with Crippen LogP contribution in [0.2, 0.25) is 0 Å². The zero-order chi connectivity index (χ0) is 18.8. The number of hydrogen-bond donors (Lipinski definition) is 2. The van der Waals surface area contributed by atoms with Crippen molar-refractivity contribution in [3.8, 4) is 5.75 Å². The Kier molecular flexibility index (Phi) is 8.71. The number of aliphatic imine (C=N–C) groups is 1. The van der Waals surface area contributed by atoms with E-state index in [-0.39, 0.29) is 6.10 Å². The number of benzene rings is 1. The standard InChI is InChI=1S/C20H34N4O2/c1-16(2)14-24-10-11-26-19(15-24)13-23-20(21-3)22-9-8-17-6-5-7-18(12-17)25-4/h5-7,12,16,19H,8-11,13-15H2,1-4H3,(H2,21,22,23). The van der Waals surface area contributed by atoms with E-state index in [1.165, 1.54) is 5.56 Å². The molecule has 26 heavy (non-hydrogen) atoms. The lowest BCUT2D eigenvalue weighted by atomic mass is 10.1. The topological polar surface area (TPSA) is 58.1 Å². The van der Waals surface area contributed by atoms with Crippen LogP contribution in [0, 0.1) is 5.92 Å². The van der Waals surface area contributed by atoms with E-state index in [1.54, 1.807) is 14.2 Å². The molecule has 1 fully saturated rings. The summed E-state index contributed by atoms with van der Waals surface area (Å²) in [6.07, 6.45) is 1.12. The molecule has 2 rings (SSSR count). The summed E-state index contributed by atoms with van der Waals surface area (Å²) in [5, 5.41) is 6.75. The number of rotatable bonds is 8. The van der Waals surface area contributed by atoms with Gasteiger partial charge < -0.3 is 20.1 Å². The molecular weight excluding hydrogens is 328 g/mol. The smallest absolute Gasteiger partial charge is 0.191 e.